The fourth-order valence-corrected chi connectivity index (χ4v) is 3.80. The van der Waals surface area contributed by atoms with Gasteiger partial charge in [-0.2, -0.15) is 0 Å². The highest BCUT2D eigenvalue weighted by atomic mass is 32.2. The second kappa shape index (κ2) is 5.52. The molecule has 1 heterocycles. The highest BCUT2D eigenvalue weighted by molar-refractivity contribution is 7.92. The van der Waals surface area contributed by atoms with E-state index in [-0.39, 0.29) is 10.6 Å². The lowest BCUT2D eigenvalue weighted by Crippen LogP contribution is -2.19. The molecule has 24 heavy (non-hydrogen) atoms. The summed E-state index contributed by atoms with van der Waals surface area (Å²) in [5.74, 6) is 0. The fraction of sp³-hybridized carbons (Fsp3) is 0.235. The van der Waals surface area contributed by atoms with E-state index >= 15 is 0 Å². The average Bonchev–Trinajstić information content (AvgIpc) is 2.73. The number of rotatable bonds is 3. The van der Waals surface area contributed by atoms with E-state index in [1.165, 1.54) is 4.57 Å². The molecule has 3 aromatic rings. The van der Waals surface area contributed by atoms with Crippen molar-refractivity contribution in [2.75, 3.05) is 4.72 Å². The third kappa shape index (κ3) is 2.60. The van der Waals surface area contributed by atoms with Gasteiger partial charge in [-0.3, -0.25) is 13.9 Å². The van der Waals surface area contributed by atoms with Crippen LogP contribution in [0.25, 0.3) is 11.0 Å². The van der Waals surface area contributed by atoms with Crippen LogP contribution in [0.3, 0.4) is 0 Å². The summed E-state index contributed by atoms with van der Waals surface area (Å²) in [6.45, 7) is 3.71. The summed E-state index contributed by atoms with van der Waals surface area (Å²) in [5.41, 5.74) is 3.49. The minimum absolute atomic E-state index is 0.150. The molecule has 0 aliphatic carbocycles. The van der Waals surface area contributed by atoms with Crippen molar-refractivity contribution in [3.63, 3.8) is 0 Å². The summed E-state index contributed by atoms with van der Waals surface area (Å²) in [5, 5.41) is 0. The maximum atomic E-state index is 12.6. The van der Waals surface area contributed by atoms with Crippen molar-refractivity contribution in [1.29, 1.82) is 0 Å². The summed E-state index contributed by atoms with van der Waals surface area (Å²) in [7, 11) is -0.322. The van der Waals surface area contributed by atoms with Crippen LogP contribution in [-0.4, -0.2) is 17.6 Å². The molecule has 0 atom stereocenters. The second-order valence-electron chi connectivity index (χ2n) is 5.98. The maximum Gasteiger partial charge on any atom is 0.328 e. The van der Waals surface area contributed by atoms with Crippen LogP contribution in [0.5, 0.6) is 0 Å². The van der Waals surface area contributed by atoms with E-state index in [1.807, 2.05) is 19.9 Å². The molecule has 0 saturated heterocycles. The highest BCUT2D eigenvalue weighted by Gasteiger charge is 2.17. The molecule has 0 bridgehead atoms. The number of aryl methyl sites for hydroxylation is 4. The number of nitrogens with zero attached hydrogens (tertiary/aromatic N) is 2. The third-order valence-electron chi connectivity index (χ3n) is 4.19. The van der Waals surface area contributed by atoms with Crippen molar-refractivity contribution in [3.05, 3.63) is 58.0 Å². The van der Waals surface area contributed by atoms with E-state index in [1.54, 1.807) is 49.0 Å². The molecule has 2 aromatic carbocycles. The summed E-state index contributed by atoms with van der Waals surface area (Å²) in [6.07, 6.45) is 0. The molecule has 0 radical (unpaired) electrons. The Morgan fingerprint density at radius 2 is 1.46 bits per heavy atom. The number of aromatic nitrogens is 2. The Morgan fingerprint density at radius 3 is 2.04 bits per heavy atom. The Bertz CT molecular complexity index is 1090. The van der Waals surface area contributed by atoms with Crippen LogP contribution in [-0.2, 0) is 24.1 Å². The van der Waals surface area contributed by atoms with E-state index in [2.05, 4.69) is 4.72 Å². The molecule has 0 spiro atoms. The molecule has 0 aliphatic heterocycles. The van der Waals surface area contributed by atoms with Crippen LogP contribution in [0.4, 0.5) is 5.69 Å². The molecule has 7 heteroatoms. The van der Waals surface area contributed by atoms with Crippen LogP contribution in [0.2, 0.25) is 0 Å². The molecule has 3 rings (SSSR count). The first kappa shape index (κ1) is 16.3. The highest BCUT2D eigenvalue weighted by Crippen LogP contribution is 2.25. The maximum absolute atomic E-state index is 12.6. The molecule has 0 unspecified atom stereocenters. The van der Waals surface area contributed by atoms with E-state index < -0.39 is 10.0 Å². The molecule has 0 fully saturated rings. The number of fused-ring (bicyclic) bond motifs is 1. The Balaban J connectivity index is 2.10. The number of benzene rings is 2. The molecule has 1 aromatic heterocycles. The second-order valence-corrected chi connectivity index (χ2v) is 7.66. The largest absolute Gasteiger partial charge is 0.328 e. The van der Waals surface area contributed by atoms with E-state index in [9.17, 15) is 13.2 Å². The molecule has 0 amide bonds. The zero-order valence-electron chi connectivity index (χ0n) is 14.0. The monoisotopic (exact) mass is 345 g/mol. The Hall–Kier alpha value is -2.54. The predicted molar refractivity (Wildman–Crippen MR) is 94.9 cm³/mol. The normalized spacial score (nSPS) is 11.8. The van der Waals surface area contributed by atoms with Crippen molar-refractivity contribution in [3.8, 4) is 0 Å². The van der Waals surface area contributed by atoms with Gasteiger partial charge in [0.05, 0.1) is 21.6 Å². The quantitative estimate of drug-likeness (QED) is 0.791. The molecule has 6 nitrogen and oxygen atoms in total. The number of nitrogens with one attached hydrogen (secondary N) is 1. The number of anilines is 1. The van der Waals surface area contributed by atoms with Crippen molar-refractivity contribution in [1.82, 2.24) is 9.13 Å². The molecule has 0 aliphatic rings. The van der Waals surface area contributed by atoms with Gasteiger partial charge in [-0.1, -0.05) is 17.7 Å². The minimum atomic E-state index is -3.68. The molecule has 0 saturated carbocycles. The van der Waals surface area contributed by atoms with Gasteiger partial charge in [0.15, 0.2) is 0 Å². The van der Waals surface area contributed by atoms with Gasteiger partial charge in [-0.05, 0) is 43.7 Å². The van der Waals surface area contributed by atoms with Crippen molar-refractivity contribution < 1.29 is 8.42 Å². The van der Waals surface area contributed by atoms with E-state index in [0.717, 1.165) is 16.6 Å². The summed E-state index contributed by atoms with van der Waals surface area (Å²) >= 11 is 0. The van der Waals surface area contributed by atoms with Crippen LogP contribution >= 0.6 is 0 Å². The zero-order valence-corrected chi connectivity index (χ0v) is 14.8. The average molecular weight is 345 g/mol. The Labute approximate surface area is 140 Å². The van der Waals surface area contributed by atoms with E-state index in [0.29, 0.717) is 11.2 Å². The van der Waals surface area contributed by atoms with Crippen LogP contribution in [0.15, 0.2) is 46.1 Å². The van der Waals surface area contributed by atoms with Gasteiger partial charge in [-0.15, -0.1) is 0 Å². The summed E-state index contributed by atoms with van der Waals surface area (Å²) < 4.78 is 30.8. The SMILES string of the molecule is Cc1ccc(S(=O)(=O)Nc2cc3c(cc2C)n(C)c(=O)n3C)cc1. The van der Waals surface area contributed by atoms with Crippen molar-refractivity contribution in [2.45, 2.75) is 18.7 Å². The van der Waals surface area contributed by atoms with Gasteiger partial charge >= 0.3 is 5.69 Å². The molecule has 1 N–H and O–H groups in total. The third-order valence-corrected chi connectivity index (χ3v) is 5.58. The Kier molecular flexibility index (Phi) is 3.76. The fourth-order valence-electron chi connectivity index (χ4n) is 2.68. The van der Waals surface area contributed by atoms with Gasteiger partial charge < -0.3 is 0 Å². The van der Waals surface area contributed by atoms with E-state index in [4.69, 9.17) is 0 Å². The molecular formula is C17H19N3O3S. The van der Waals surface area contributed by atoms with Gasteiger partial charge in [-0.25, -0.2) is 13.2 Å². The first-order chi connectivity index (χ1) is 11.2. The molecular weight excluding hydrogens is 326 g/mol. The van der Waals surface area contributed by atoms with Crippen LogP contribution in [0, 0.1) is 13.8 Å². The lowest BCUT2D eigenvalue weighted by atomic mass is 10.2. The molecule has 126 valence electrons. The van der Waals surface area contributed by atoms with Crippen LogP contribution in [0.1, 0.15) is 11.1 Å². The summed E-state index contributed by atoms with van der Waals surface area (Å²) in [4.78, 5) is 12.2. The number of sulfonamides is 1. The topological polar surface area (TPSA) is 73.1 Å². The van der Waals surface area contributed by atoms with Gasteiger partial charge in [0, 0.05) is 14.1 Å². The van der Waals surface area contributed by atoms with Crippen molar-refractivity contribution in [2.24, 2.45) is 14.1 Å². The standard InChI is InChI=1S/C17H19N3O3S/c1-11-5-7-13(8-6-11)24(22,23)18-14-10-16-15(9-12(14)2)19(3)17(21)20(16)4/h5-10,18H,1-4H3. The van der Waals surface area contributed by atoms with Gasteiger partial charge in [0.2, 0.25) is 0 Å². The number of imidazole rings is 1. The lowest BCUT2D eigenvalue weighted by Gasteiger charge is -2.11. The van der Waals surface area contributed by atoms with Crippen molar-refractivity contribution >= 4 is 26.7 Å². The summed E-state index contributed by atoms with van der Waals surface area (Å²) in [6, 6.07) is 10.2. The zero-order chi connectivity index (χ0) is 17.6. The smallest absolute Gasteiger partial charge is 0.295 e. The predicted octanol–water partition coefficient (Wildman–Crippen LogP) is 2.29. The number of hydrogen-bond donors (Lipinski definition) is 1. The lowest BCUT2D eigenvalue weighted by molar-refractivity contribution is 0.601. The first-order valence-electron chi connectivity index (χ1n) is 7.46. The van der Waals surface area contributed by atoms with Gasteiger partial charge in [0.1, 0.15) is 0 Å². The van der Waals surface area contributed by atoms with Gasteiger partial charge in [0.25, 0.3) is 10.0 Å². The Morgan fingerprint density at radius 1 is 0.917 bits per heavy atom. The number of hydrogen-bond acceptors (Lipinski definition) is 3. The minimum Gasteiger partial charge on any atom is -0.295 e. The van der Waals surface area contributed by atoms with Crippen LogP contribution < -0.4 is 10.4 Å². The first-order valence-corrected chi connectivity index (χ1v) is 8.94.